The lowest BCUT2D eigenvalue weighted by atomic mass is 10.0. The highest BCUT2D eigenvalue weighted by atomic mass is 35.5. The number of benzene rings is 2. The van der Waals surface area contributed by atoms with Gasteiger partial charge in [-0.25, -0.2) is 13.4 Å². The molecule has 3 aromatic rings. The highest BCUT2D eigenvalue weighted by Crippen LogP contribution is 2.33. The number of hydrogen-bond donors (Lipinski definition) is 0. The molecule has 2 heterocycles. The van der Waals surface area contributed by atoms with E-state index in [0.29, 0.717) is 37.0 Å². The van der Waals surface area contributed by atoms with Crippen molar-refractivity contribution in [2.24, 2.45) is 0 Å². The van der Waals surface area contributed by atoms with Crippen LogP contribution in [0.3, 0.4) is 0 Å². The topological polar surface area (TPSA) is 62.7 Å². The maximum Gasteiger partial charge on any atom is 0.246 e. The first kappa shape index (κ1) is 22.1. The van der Waals surface area contributed by atoms with Gasteiger partial charge in [-0.1, -0.05) is 29.3 Å². The zero-order valence-corrected chi connectivity index (χ0v) is 20.0. The van der Waals surface area contributed by atoms with E-state index in [9.17, 15) is 8.42 Å². The number of anilines is 1. The molecule has 2 aromatic carbocycles. The third kappa shape index (κ3) is 4.43. The third-order valence-electron chi connectivity index (χ3n) is 5.41. The number of thiazole rings is 1. The van der Waals surface area contributed by atoms with Gasteiger partial charge < -0.3 is 9.64 Å². The van der Waals surface area contributed by atoms with Crippen LogP contribution in [0, 0.1) is 13.8 Å². The fourth-order valence-corrected chi connectivity index (χ4v) is 6.38. The van der Waals surface area contributed by atoms with Gasteiger partial charge in [0.15, 0.2) is 5.13 Å². The van der Waals surface area contributed by atoms with Gasteiger partial charge >= 0.3 is 0 Å². The highest BCUT2D eigenvalue weighted by molar-refractivity contribution is 7.89. The number of rotatable bonds is 5. The van der Waals surface area contributed by atoms with Gasteiger partial charge in [0.1, 0.15) is 10.6 Å². The monoisotopic (exact) mass is 477 g/mol. The summed E-state index contributed by atoms with van der Waals surface area (Å²) in [5.41, 5.74) is 4.48. The van der Waals surface area contributed by atoms with Crippen LogP contribution < -0.4 is 9.64 Å². The summed E-state index contributed by atoms with van der Waals surface area (Å²) in [5, 5.41) is 3.34. The first-order valence-electron chi connectivity index (χ1n) is 9.91. The van der Waals surface area contributed by atoms with Gasteiger partial charge in [0.2, 0.25) is 10.0 Å². The Morgan fingerprint density at radius 1 is 1.06 bits per heavy atom. The number of piperazine rings is 1. The number of ether oxygens (including phenoxy) is 1. The molecule has 0 amide bonds. The standard InChI is InChI=1S/C22H24ClN3O3S2/c1-15-4-5-16(2)18(12-15)19-14-30-22(24-19)25-8-10-26(11-9-25)31(27,28)21-13-17(23)6-7-20(21)29-3/h4-7,12-14H,8-11H2,1-3H3. The van der Waals surface area contributed by atoms with Crippen molar-refractivity contribution in [1.29, 1.82) is 0 Å². The van der Waals surface area contributed by atoms with Crippen molar-refractivity contribution in [1.82, 2.24) is 9.29 Å². The minimum absolute atomic E-state index is 0.0995. The summed E-state index contributed by atoms with van der Waals surface area (Å²) in [7, 11) is -2.25. The lowest BCUT2D eigenvalue weighted by Gasteiger charge is -2.34. The van der Waals surface area contributed by atoms with E-state index in [-0.39, 0.29) is 4.90 Å². The lowest BCUT2D eigenvalue weighted by molar-refractivity contribution is 0.374. The molecule has 31 heavy (non-hydrogen) atoms. The van der Waals surface area contributed by atoms with Crippen LogP contribution >= 0.6 is 22.9 Å². The average molecular weight is 478 g/mol. The largest absolute Gasteiger partial charge is 0.495 e. The molecule has 1 aromatic heterocycles. The van der Waals surface area contributed by atoms with Crippen LogP contribution in [0.5, 0.6) is 5.75 Å². The summed E-state index contributed by atoms with van der Waals surface area (Å²) in [5.74, 6) is 0.296. The van der Waals surface area contributed by atoms with E-state index in [1.54, 1.807) is 23.5 Å². The van der Waals surface area contributed by atoms with Gasteiger partial charge in [0, 0.05) is 42.1 Å². The zero-order valence-electron chi connectivity index (χ0n) is 17.6. The quantitative estimate of drug-likeness (QED) is 0.537. The van der Waals surface area contributed by atoms with Crippen LogP contribution in [0.15, 0.2) is 46.7 Å². The van der Waals surface area contributed by atoms with E-state index in [1.807, 2.05) is 0 Å². The molecule has 0 unspecified atom stereocenters. The predicted molar refractivity (Wildman–Crippen MR) is 126 cm³/mol. The maximum atomic E-state index is 13.2. The number of nitrogens with zero attached hydrogens (tertiary/aromatic N) is 3. The van der Waals surface area contributed by atoms with Crippen LogP contribution in [0.4, 0.5) is 5.13 Å². The van der Waals surface area contributed by atoms with E-state index >= 15 is 0 Å². The SMILES string of the molecule is COc1ccc(Cl)cc1S(=O)(=O)N1CCN(c2nc(-c3cc(C)ccc3C)cs2)CC1. The summed E-state index contributed by atoms with van der Waals surface area (Å²) in [6.45, 7) is 6.04. The summed E-state index contributed by atoms with van der Waals surface area (Å²) < 4.78 is 33.1. The van der Waals surface area contributed by atoms with Crippen molar-refractivity contribution in [2.45, 2.75) is 18.7 Å². The van der Waals surface area contributed by atoms with Crippen molar-refractivity contribution >= 4 is 38.1 Å². The van der Waals surface area contributed by atoms with Crippen LogP contribution in [0.2, 0.25) is 5.02 Å². The van der Waals surface area contributed by atoms with Gasteiger partial charge in [-0.05, 0) is 43.7 Å². The highest BCUT2D eigenvalue weighted by Gasteiger charge is 2.31. The number of aryl methyl sites for hydroxylation is 2. The van der Waals surface area contributed by atoms with Gasteiger partial charge in [0.25, 0.3) is 0 Å². The Kier molecular flexibility index (Phi) is 6.25. The molecule has 164 valence electrons. The number of halogens is 1. The fourth-order valence-electron chi connectivity index (χ4n) is 3.66. The molecule has 1 aliphatic heterocycles. The number of sulfonamides is 1. The second kappa shape index (κ2) is 8.78. The molecule has 0 bridgehead atoms. The molecular weight excluding hydrogens is 454 g/mol. The molecule has 4 rings (SSSR count). The Bertz CT molecular complexity index is 1200. The summed E-state index contributed by atoms with van der Waals surface area (Å²) in [6, 6.07) is 11.0. The fraction of sp³-hybridized carbons (Fsp3) is 0.318. The predicted octanol–water partition coefficient (Wildman–Crippen LogP) is 4.60. The number of methoxy groups -OCH3 is 1. The Balaban J connectivity index is 1.50. The molecule has 0 atom stereocenters. The summed E-state index contributed by atoms with van der Waals surface area (Å²) >= 11 is 7.63. The zero-order chi connectivity index (χ0) is 22.2. The minimum Gasteiger partial charge on any atom is -0.495 e. The number of aromatic nitrogens is 1. The lowest BCUT2D eigenvalue weighted by Crippen LogP contribution is -2.48. The molecule has 0 spiro atoms. The van der Waals surface area contributed by atoms with Crippen LogP contribution in [0.1, 0.15) is 11.1 Å². The molecule has 0 aliphatic carbocycles. The van der Waals surface area contributed by atoms with E-state index in [1.165, 1.54) is 28.6 Å². The maximum absolute atomic E-state index is 13.2. The third-order valence-corrected chi connectivity index (χ3v) is 8.47. The molecule has 6 nitrogen and oxygen atoms in total. The van der Waals surface area contributed by atoms with Crippen LogP contribution in [0.25, 0.3) is 11.3 Å². The molecule has 1 fully saturated rings. The van der Waals surface area contributed by atoms with Crippen molar-refractivity contribution in [3.8, 4) is 17.0 Å². The second-order valence-electron chi connectivity index (χ2n) is 7.52. The van der Waals surface area contributed by atoms with Crippen molar-refractivity contribution in [3.63, 3.8) is 0 Å². The first-order chi connectivity index (χ1) is 14.8. The summed E-state index contributed by atoms with van der Waals surface area (Å²) in [6.07, 6.45) is 0. The molecule has 1 saturated heterocycles. The molecule has 0 radical (unpaired) electrons. The van der Waals surface area contributed by atoms with Crippen molar-refractivity contribution in [2.75, 3.05) is 38.2 Å². The van der Waals surface area contributed by atoms with Crippen molar-refractivity contribution < 1.29 is 13.2 Å². The molecule has 1 aliphatic rings. The average Bonchev–Trinajstić information content (AvgIpc) is 3.25. The number of hydrogen-bond acceptors (Lipinski definition) is 6. The van der Waals surface area contributed by atoms with Gasteiger partial charge in [-0.2, -0.15) is 4.31 Å². The minimum atomic E-state index is -3.70. The Hall–Kier alpha value is -2.13. The summed E-state index contributed by atoms with van der Waals surface area (Å²) in [4.78, 5) is 7.07. The van der Waals surface area contributed by atoms with Crippen LogP contribution in [-0.4, -0.2) is 51.0 Å². The van der Waals surface area contributed by atoms with Gasteiger partial charge in [0.05, 0.1) is 12.8 Å². The van der Waals surface area contributed by atoms with E-state index in [2.05, 4.69) is 42.3 Å². The van der Waals surface area contributed by atoms with E-state index in [4.69, 9.17) is 21.3 Å². The van der Waals surface area contributed by atoms with Crippen LogP contribution in [-0.2, 0) is 10.0 Å². The Morgan fingerprint density at radius 2 is 1.81 bits per heavy atom. The molecule has 0 saturated carbocycles. The smallest absolute Gasteiger partial charge is 0.246 e. The molecule has 9 heteroatoms. The first-order valence-corrected chi connectivity index (χ1v) is 12.6. The van der Waals surface area contributed by atoms with E-state index in [0.717, 1.165) is 16.4 Å². The second-order valence-corrected chi connectivity index (χ2v) is 10.7. The van der Waals surface area contributed by atoms with Gasteiger partial charge in [-0.3, -0.25) is 0 Å². The van der Waals surface area contributed by atoms with Gasteiger partial charge in [-0.15, -0.1) is 11.3 Å². The Morgan fingerprint density at radius 3 is 2.52 bits per heavy atom. The normalized spacial score (nSPS) is 15.3. The molecular formula is C22H24ClN3O3S2. The van der Waals surface area contributed by atoms with E-state index < -0.39 is 10.0 Å². The van der Waals surface area contributed by atoms with Crippen molar-refractivity contribution in [3.05, 3.63) is 57.9 Å². The Labute approximate surface area is 192 Å². The molecule has 0 N–H and O–H groups in total.